The molecule has 1 aliphatic heterocycles. The summed E-state index contributed by atoms with van der Waals surface area (Å²) in [4.78, 5) is 15.9. The van der Waals surface area contributed by atoms with Crippen LogP contribution in [0, 0.1) is 5.92 Å². The van der Waals surface area contributed by atoms with Crippen molar-refractivity contribution < 1.29 is 4.79 Å². The average molecular weight is 213 g/mol. The summed E-state index contributed by atoms with van der Waals surface area (Å²) in [7, 11) is 1.99. The molecule has 1 heterocycles. The van der Waals surface area contributed by atoms with Crippen molar-refractivity contribution in [3.8, 4) is 0 Å². The second kappa shape index (κ2) is 5.47. The fraction of sp³-hybridized carbons (Fsp3) is 0.909. The van der Waals surface area contributed by atoms with E-state index in [0.29, 0.717) is 25.0 Å². The Morgan fingerprint density at radius 2 is 2.27 bits per heavy atom. The predicted octanol–water partition coefficient (Wildman–Crippen LogP) is 0.134. The van der Waals surface area contributed by atoms with Gasteiger partial charge in [-0.05, 0) is 39.8 Å². The van der Waals surface area contributed by atoms with E-state index in [2.05, 4.69) is 18.7 Å². The van der Waals surface area contributed by atoms with Crippen LogP contribution in [-0.4, -0.2) is 55.0 Å². The summed E-state index contributed by atoms with van der Waals surface area (Å²) >= 11 is 0. The van der Waals surface area contributed by atoms with Crippen molar-refractivity contribution in [3.05, 3.63) is 0 Å². The first-order chi connectivity index (χ1) is 7.04. The summed E-state index contributed by atoms with van der Waals surface area (Å²) < 4.78 is 0. The molecule has 1 unspecified atom stereocenters. The van der Waals surface area contributed by atoms with Gasteiger partial charge in [-0.15, -0.1) is 0 Å². The number of hydrogen-bond acceptors (Lipinski definition) is 3. The van der Waals surface area contributed by atoms with Crippen molar-refractivity contribution in [2.75, 3.05) is 33.2 Å². The normalized spacial score (nSPS) is 21.7. The topological polar surface area (TPSA) is 49.6 Å². The molecule has 0 aromatic rings. The molecule has 1 saturated heterocycles. The van der Waals surface area contributed by atoms with Gasteiger partial charge >= 0.3 is 0 Å². The molecule has 0 radical (unpaired) electrons. The lowest BCUT2D eigenvalue weighted by Crippen LogP contribution is -2.40. The first kappa shape index (κ1) is 12.5. The molecule has 4 heteroatoms. The van der Waals surface area contributed by atoms with E-state index in [0.717, 1.165) is 19.5 Å². The number of nitrogens with zero attached hydrogens (tertiary/aromatic N) is 2. The van der Waals surface area contributed by atoms with Crippen LogP contribution in [0.25, 0.3) is 0 Å². The van der Waals surface area contributed by atoms with Crippen molar-refractivity contribution in [1.82, 2.24) is 9.80 Å². The fourth-order valence-electron chi connectivity index (χ4n) is 1.75. The third-order valence-electron chi connectivity index (χ3n) is 3.24. The van der Waals surface area contributed by atoms with Crippen LogP contribution in [0.1, 0.15) is 20.3 Å². The highest BCUT2D eigenvalue weighted by Crippen LogP contribution is 2.15. The first-order valence-corrected chi connectivity index (χ1v) is 5.72. The zero-order valence-corrected chi connectivity index (χ0v) is 10.1. The molecule has 2 N–H and O–H groups in total. The van der Waals surface area contributed by atoms with Gasteiger partial charge in [-0.1, -0.05) is 0 Å². The highest BCUT2D eigenvalue weighted by atomic mass is 16.2. The Morgan fingerprint density at radius 1 is 1.60 bits per heavy atom. The Balaban J connectivity index is 2.35. The molecule has 0 saturated carbocycles. The molecule has 0 spiro atoms. The number of carbonyl (C=O) groups is 1. The Morgan fingerprint density at radius 3 is 2.73 bits per heavy atom. The van der Waals surface area contributed by atoms with E-state index in [9.17, 15) is 4.79 Å². The van der Waals surface area contributed by atoms with Gasteiger partial charge in [-0.3, -0.25) is 9.69 Å². The lowest BCUT2D eigenvalue weighted by Gasteiger charge is -2.24. The molecule has 4 nitrogen and oxygen atoms in total. The van der Waals surface area contributed by atoms with Crippen molar-refractivity contribution in [3.63, 3.8) is 0 Å². The van der Waals surface area contributed by atoms with E-state index in [-0.39, 0.29) is 5.91 Å². The van der Waals surface area contributed by atoms with Crippen LogP contribution in [0.3, 0.4) is 0 Å². The van der Waals surface area contributed by atoms with E-state index >= 15 is 0 Å². The van der Waals surface area contributed by atoms with Gasteiger partial charge in [0.2, 0.25) is 5.91 Å². The van der Waals surface area contributed by atoms with E-state index < -0.39 is 0 Å². The SMILES string of the molecule is CC(C)N(C)CC(=O)N1CCC(CN)C1. The zero-order chi connectivity index (χ0) is 11.4. The minimum Gasteiger partial charge on any atom is -0.341 e. The molecule has 1 atom stereocenters. The molecular weight excluding hydrogens is 190 g/mol. The van der Waals surface area contributed by atoms with Gasteiger partial charge in [0.05, 0.1) is 6.54 Å². The van der Waals surface area contributed by atoms with Gasteiger partial charge in [0.25, 0.3) is 0 Å². The Labute approximate surface area is 92.4 Å². The van der Waals surface area contributed by atoms with E-state index in [4.69, 9.17) is 5.73 Å². The lowest BCUT2D eigenvalue weighted by atomic mass is 10.1. The van der Waals surface area contributed by atoms with E-state index in [1.165, 1.54) is 0 Å². The molecule has 1 aliphatic rings. The second-order valence-electron chi connectivity index (χ2n) is 4.74. The minimum atomic E-state index is 0.238. The van der Waals surface area contributed by atoms with Crippen LogP contribution < -0.4 is 5.73 Å². The number of carbonyl (C=O) groups excluding carboxylic acids is 1. The number of nitrogens with two attached hydrogens (primary N) is 1. The summed E-state index contributed by atoms with van der Waals surface area (Å²) in [6.45, 7) is 7.15. The van der Waals surface area contributed by atoms with Crippen LogP contribution in [0.15, 0.2) is 0 Å². The monoisotopic (exact) mass is 213 g/mol. The molecule has 0 aliphatic carbocycles. The largest absolute Gasteiger partial charge is 0.341 e. The maximum atomic E-state index is 11.9. The van der Waals surface area contributed by atoms with Gasteiger partial charge in [-0.25, -0.2) is 0 Å². The summed E-state index contributed by atoms with van der Waals surface area (Å²) in [5.41, 5.74) is 5.60. The van der Waals surface area contributed by atoms with E-state index in [1.807, 2.05) is 11.9 Å². The quantitative estimate of drug-likeness (QED) is 0.722. The van der Waals surface area contributed by atoms with Crippen LogP contribution in [0.4, 0.5) is 0 Å². The van der Waals surface area contributed by atoms with Gasteiger partial charge in [0.1, 0.15) is 0 Å². The minimum absolute atomic E-state index is 0.238. The van der Waals surface area contributed by atoms with Gasteiger partial charge in [0, 0.05) is 19.1 Å². The van der Waals surface area contributed by atoms with Crippen molar-refractivity contribution in [1.29, 1.82) is 0 Å². The third kappa shape index (κ3) is 3.47. The number of hydrogen-bond donors (Lipinski definition) is 1. The molecule has 88 valence electrons. The van der Waals surface area contributed by atoms with Gasteiger partial charge in [-0.2, -0.15) is 0 Å². The lowest BCUT2D eigenvalue weighted by molar-refractivity contribution is -0.131. The highest BCUT2D eigenvalue weighted by molar-refractivity contribution is 5.78. The molecule has 1 amide bonds. The summed E-state index contributed by atoms with van der Waals surface area (Å²) in [6, 6.07) is 0.418. The molecule has 0 bridgehead atoms. The Bertz CT molecular complexity index is 218. The van der Waals surface area contributed by atoms with Crippen LogP contribution in [0.2, 0.25) is 0 Å². The molecule has 15 heavy (non-hydrogen) atoms. The van der Waals surface area contributed by atoms with Crippen LogP contribution in [0.5, 0.6) is 0 Å². The highest BCUT2D eigenvalue weighted by Gasteiger charge is 2.25. The summed E-state index contributed by atoms with van der Waals surface area (Å²) in [5, 5.41) is 0. The van der Waals surface area contributed by atoms with Crippen molar-refractivity contribution in [2.24, 2.45) is 11.7 Å². The average Bonchev–Trinajstić information content (AvgIpc) is 2.65. The molecule has 0 aromatic heterocycles. The summed E-state index contributed by atoms with van der Waals surface area (Å²) in [6.07, 6.45) is 1.06. The zero-order valence-electron chi connectivity index (χ0n) is 10.1. The van der Waals surface area contributed by atoms with Crippen molar-refractivity contribution in [2.45, 2.75) is 26.3 Å². The Kier molecular flexibility index (Phi) is 4.54. The molecular formula is C11H23N3O. The number of rotatable bonds is 4. The Hall–Kier alpha value is -0.610. The maximum Gasteiger partial charge on any atom is 0.236 e. The van der Waals surface area contributed by atoms with Crippen LogP contribution >= 0.6 is 0 Å². The number of likely N-dealkylation sites (tertiary alicyclic amines) is 1. The van der Waals surface area contributed by atoms with Gasteiger partial charge in [0.15, 0.2) is 0 Å². The second-order valence-corrected chi connectivity index (χ2v) is 4.74. The van der Waals surface area contributed by atoms with Crippen LogP contribution in [-0.2, 0) is 4.79 Å². The molecule has 1 fully saturated rings. The van der Waals surface area contributed by atoms with Gasteiger partial charge < -0.3 is 10.6 Å². The van der Waals surface area contributed by atoms with Crippen molar-refractivity contribution >= 4 is 5.91 Å². The maximum absolute atomic E-state index is 11.9. The standard InChI is InChI=1S/C11H23N3O/c1-9(2)13(3)8-11(15)14-5-4-10(6-12)7-14/h9-10H,4-8,12H2,1-3H3. The van der Waals surface area contributed by atoms with E-state index in [1.54, 1.807) is 0 Å². The predicted molar refractivity (Wildman–Crippen MR) is 61.5 cm³/mol. The smallest absolute Gasteiger partial charge is 0.236 e. The fourth-order valence-corrected chi connectivity index (χ4v) is 1.75. The summed E-state index contributed by atoms with van der Waals surface area (Å²) in [5.74, 6) is 0.750. The number of likely N-dealkylation sites (N-methyl/N-ethyl adjacent to an activating group) is 1. The molecule has 0 aromatic carbocycles. The first-order valence-electron chi connectivity index (χ1n) is 5.72. The third-order valence-corrected chi connectivity index (χ3v) is 3.24. The molecule has 1 rings (SSSR count). The number of amides is 1.